The Kier molecular flexibility index (Phi) is 6.86. The van der Waals surface area contributed by atoms with Gasteiger partial charge in [0.15, 0.2) is 0 Å². The van der Waals surface area contributed by atoms with E-state index in [1.165, 1.54) is 23.1 Å². The molecule has 142 valence electrons. The Balaban J connectivity index is 1.97. The third-order valence-corrected chi connectivity index (χ3v) is 4.27. The molecule has 1 atom stereocenters. The van der Waals surface area contributed by atoms with Crippen LogP contribution in [0.15, 0.2) is 48.5 Å². The van der Waals surface area contributed by atoms with E-state index >= 15 is 0 Å². The molecule has 2 aromatic carbocycles. The molecule has 0 aliphatic rings. The fraction of sp³-hybridized carbons (Fsp3) is 0.222. The van der Waals surface area contributed by atoms with Crippen molar-refractivity contribution in [3.05, 3.63) is 63.7 Å². The van der Waals surface area contributed by atoms with Gasteiger partial charge in [0, 0.05) is 6.07 Å². The lowest BCUT2D eigenvalue weighted by atomic mass is 10.2. The number of benzene rings is 2. The summed E-state index contributed by atoms with van der Waals surface area (Å²) in [6.45, 7) is 1.55. The lowest BCUT2D eigenvalue weighted by molar-refractivity contribution is -0.383. The van der Waals surface area contributed by atoms with Gasteiger partial charge in [0.1, 0.15) is 5.69 Å². The van der Waals surface area contributed by atoms with Gasteiger partial charge in [-0.25, -0.2) is 0 Å². The summed E-state index contributed by atoms with van der Waals surface area (Å²) in [5.74, 6) is -0.798. The number of rotatable bonds is 7. The van der Waals surface area contributed by atoms with Gasteiger partial charge in [-0.15, -0.1) is 0 Å². The van der Waals surface area contributed by atoms with Crippen molar-refractivity contribution in [3.63, 3.8) is 0 Å². The molecule has 0 spiro atoms. The van der Waals surface area contributed by atoms with E-state index in [4.69, 9.17) is 11.6 Å². The van der Waals surface area contributed by atoms with Crippen LogP contribution in [0, 0.1) is 10.1 Å². The molecule has 0 unspecified atom stereocenters. The van der Waals surface area contributed by atoms with Crippen LogP contribution in [0.3, 0.4) is 0 Å². The third kappa shape index (κ3) is 5.50. The molecule has 2 rings (SSSR count). The van der Waals surface area contributed by atoms with Crippen molar-refractivity contribution in [2.75, 3.05) is 24.2 Å². The molecule has 0 bridgehead atoms. The van der Waals surface area contributed by atoms with Crippen molar-refractivity contribution < 1.29 is 14.5 Å². The molecule has 2 aromatic rings. The highest BCUT2D eigenvalue weighted by atomic mass is 35.5. The van der Waals surface area contributed by atoms with Gasteiger partial charge in [-0.3, -0.25) is 24.6 Å². The van der Waals surface area contributed by atoms with E-state index < -0.39 is 16.9 Å². The van der Waals surface area contributed by atoms with Crippen LogP contribution in [-0.4, -0.2) is 41.3 Å². The number of amides is 2. The number of carbonyl (C=O) groups excluding carboxylic acids is 2. The summed E-state index contributed by atoms with van der Waals surface area (Å²) >= 11 is 6.00. The SMILES string of the molecule is C[C@@H](C(=O)Nc1ccccc1[N+](=O)[O-])N(C)CC(=O)Nc1ccccc1Cl. The Morgan fingerprint density at radius 3 is 2.33 bits per heavy atom. The molecule has 2 amide bonds. The number of nitrogens with zero attached hydrogens (tertiary/aromatic N) is 2. The molecule has 0 aliphatic carbocycles. The van der Waals surface area contributed by atoms with Gasteiger partial charge in [0.25, 0.3) is 5.69 Å². The van der Waals surface area contributed by atoms with Crippen LogP contribution >= 0.6 is 11.6 Å². The van der Waals surface area contributed by atoms with E-state index in [-0.39, 0.29) is 23.8 Å². The van der Waals surface area contributed by atoms with E-state index in [1.54, 1.807) is 44.3 Å². The second-order valence-corrected chi connectivity index (χ2v) is 6.29. The highest BCUT2D eigenvalue weighted by molar-refractivity contribution is 6.33. The van der Waals surface area contributed by atoms with Crippen LogP contribution in [0.1, 0.15) is 6.92 Å². The minimum Gasteiger partial charge on any atom is -0.324 e. The summed E-state index contributed by atoms with van der Waals surface area (Å²) < 4.78 is 0. The molecular weight excluding hydrogens is 372 g/mol. The number of hydrogen-bond donors (Lipinski definition) is 2. The number of halogens is 1. The second-order valence-electron chi connectivity index (χ2n) is 5.88. The minimum absolute atomic E-state index is 0.0588. The molecule has 0 aliphatic heterocycles. The van der Waals surface area contributed by atoms with E-state index in [0.29, 0.717) is 10.7 Å². The highest BCUT2D eigenvalue weighted by Crippen LogP contribution is 2.23. The van der Waals surface area contributed by atoms with Crippen molar-refractivity contribution in [2.24, 2.45) is 0 Å². The third-order valence-electron chi connectivity index (χ3n) is 3.94. The zero-order valence-corrected chi connectivity index (χ0v) is 15.6. The number of hydrogen-bond acceptors (Lipinski definition) is 5. The molecule has 0 aromatic heterocycles. The summed E-state index contributed by atoms with van der Waals surface area (Å²) in [5, 5.41) is 16.7. The van der Waals surface area contributed by atoms with Crippen molar-refractivity contribution >= 4 is 40.5 Å². The molecule has 27 heavy (non-hydrogen) atoms. The highest BCUT2D eigenvalue weighted by Gasteiger charge is 2.23. The number of carbonyl (C=O) groups is 2. The molecule has 0 saturated carbocycles. The standard InChI is InChI=1S/C18H19ClN4O4/c1-12(18(25)21-15-9-5-6-10-16(15)23(26)27)22(2)11-17(24)20-14-8-4-3-7-13(14)19/h3-10,12H,11H2,1-2H3,(H,20,24)(H,21,25)/t12-/m0/s1. The lowest BCUT2D eigenvalue weighted by Gasteiger charge is -2.23. The maximum atomic E-state index is 12.4. The monoisotopic (exact) mass is 390 g/mol. The van der Waals surface area contributed by atoms with E-state index in [1.807, 2.05) is 0 Å². The minimum atomic E-state index is -0.693. The molecular formula is C18H19ClN4O4. The van der Waals surface area contributed by atoms with Crippen molar-refractivity contribution in [1.82, 2.24) is 4.90 Å². The zero-order chi connectivity index (χ0) is 20.0. The van der Waals surface area contributed by atoms with Crippen LogP contribution in [0.2, 0.25) is 5.02 Å². The first-order valence-electron chi connectivity index (χ1n) is 8.08. The summed E-state index contributed by atoms with van der Waals surface area (Å²) in [6.07, 6.45) is 0. The van der Waals surface area contributed by atoms with Crippen molar-refractivity contribution in [1.29, 1.82) is 0 Å². The Labute approximate surface area is 161 Å². The first-order chi connectivity index (χ1) is 12.8. The van der Waals surface area contributed by atoms with Gasteiger partial charge in [-0.1, -0.05) is 35.9 Å². The molecule has 0 fully saturated rings. The quantitative estimate of drug-likeness (QED) is 0.558. The Bertz CT molecular complexity index is 859. The van der Waals surface area contributed by atoms with Crippen molar-refractivity contribution in [3.8, 4) is 0 Å². The summed E-state index contributed by atoms with van der Waals surface area (Å²) in [7, 11) is 1.61. The maximum absolute atomic E-state index is 12.4. The molecule has 0 heterocycles. The summed E-state index contributed by atoms with van der Waals surface area (Å²) in [5.41, 5.74) is 0.389. The first kappa shape index (κ1) is 20.3. The Morgan fingerprint density at radius 1 is 1.11 bits per heavy atom. The van der Waals surface area contributed by atoms with Crippen LogP contribution in [-0.2, 0) is 9.59 Å². The summed E-state index contributed by atoms with van der Waals surface area (Å²) in [4.78, 5) is 36.6. The molecule has 9 heteroatoms. The number of likely N-dealkylation sites (N-methyl/N-ethyl adjacent to an activating group) is 1. The molecule has 2 N–H and O–H groups in total. The zero-order valence-electron chi connectivity index (χ0n) is 14.8. The fourth-order valence-electron chi connectivity index (χ4n) is 2.29. The van der Waals surface area contributed by atoms with Gasteiger partial charge in [-0.2, -0.15) is 0 Å². The Morgan fingerprint density at radius 2 is 1.70 bits per heavy atom. The normalized spacial score (nSPS) is 11.7. The average molecular weight is 391 g/mol. The molecule has 0 radical (unpaired) electrons. The van der Waals surface area contributed by atoms with Gasteiger partial charge in [0.2, 0.25) is 11.8 Å². The summed E-state index contributed by atoms with van der Waals surface area (Å²) in [6, 6.07) is 12.0. The van der Waals surface area contributed by atoms with Crippen LogP contribution < -0.4 is 10.6 Å². The number of anilines is 2. The van der Waals surface area contributed by atoms with E-state index in [9.17, 15) is 19.7 Å². The fourth-order valence-corrected chi connectivity index (χ4v) is 2.47. The number of para-hydroxylation sites is 3. The van der Waals surface area contributed by atoms with Gasteiger partial charge in [-0.05, 0) is 32.2 Å². The van der Waals surface area contributed by atoms with Crippen LogP contribution in [0.25, 0.3) is 0 Å². The van der Waals surface area contributed by atoms with Gasteiger partial charge >= 0.3 is 0 Å². The number of nitrogens with one attached hydrogen (secondary N) is 2. The first-order valence-corrected chi connectivity index (χ1v) is 8.46. The van der Waals surface area contributed by atoms with Gasteiger partial charge in [0.05, 0.1) is 28.2 Å². The average Bonchev–Trinajstić information content (AvgIpc) is 2.63. The largest absolute Gasteiger partial charge is 0.324 e. The predicted octanol–water partition coefficient (Wildman–Crippen LogP) is 3.15. The lowest BCUT2D eigenvalue weighted by Crippen LogP contribution is -2.43. The second kappa shape index (κ2) is 9.11. The van der Waals surface area contributed by atoms with Crippen LogP contribution in [0.4, 0.5) is 17.1 Å². The van der Waals surface area contributed by atoms with E-state index in [2.05, 4.69) is 10.6 Å². The number of nitro benzene ring substituents is 1. The van der Waals surface area contributed by atoms with Gasteiger partial charge < -0.3 is 10.6 Å². The topological polar surface area (TPSA) is 105 Å². The maximum Gasteiger partial charge on any atom is 0.292 e. The van der Waals surface area contributed by atoms with E-state index in [0.717, 1.165) is 0 Å². The smallest absolute Gasteiger partial charge is 0.292 e. The molecule has 8 nitrogen and oxygen atoms in total. The van der Waals surface area contributed by atoms with Crippen molar-refractivity contribution in [2.45, 2.75) is 13.0 Å². The Hall–Kier alpha value is -2.97. The van der Waals surface area contributed by atoms with Crippen LogP contribution in [0.5, 0.6) is 0 Å². The molecule has 0 saturated heterocycles. The number of nitro groups is 1. The predicted molar refractivity (Wildman–Crippen MR) is 104 cm³/mol.